The molecule has 328 valence electrons. The Labute approximate surface area is 370 Å². The Hall–Kier alpha value is -4.65. The molecule has 0 unspecified atom stereocenters. The van der Waals surface area contributed by atoms with E-state index in [0.717, 1.165) is 64.8 Å². The Morgan fingerprint density at radius 3 is 1.56 bits per heavy atom. The van der Waals surface area contributed by atoms with E-state index in [1.807, 2.05) is 12.1 Å². The summed E-state index contributed by atoms with van der Waals surface area (Å²) in [5.74, 6) is 2.46. The van der Waals surface area contributed by atoms with E-state index in [-0.39, 0.29) is 0 Å². The Bertz CT molecular complexity index is 2070. The summed E-state index contributed by atoms with van der Waals surface area (Å²) in [6, 6.07) is 34.0. The van der Waals surface area contributed by atoms with Crippen LogP contribution in [0.3, 0.4) is 0 Å². The van der Waals surface area contributed by atoms with Gasteiger partial charge in [0.15, 0.2) is 18.2 Å². The lowest BCUT2D eigenvalue weighted by atomic mass is 10.1. The number of aromatic nitrogens is 1. The first-order valence-corrected chi connectivity index (χ1v) is 24.1. The van der Waals surface area contributed by atoms with Crippen molar-refractivity contribution in [3.8, 4) is 28.0 Å². The Kier molecular flexibility index (Phi) is 18.7. The van der Waals surface area contributed by atoms with Gasteiger partial charge >= 0.3 is 5.89 Å². The molecule has 6 heteroatoms. The molecule has 0 fully saturated rings. The van der Waals surface area contributed by atoms with Crippen LogP contribution >= 0.6 is 0 Å². The monoisotopic (exact) mass is 828 g/mol. The van der Waals surface area contributed by atoms with Gasteiger partial charge in [0, 0.05) is 12.1 Å². The Morgan fingerprint density at radius 1 is 0.557 bits per heavy atom. The standard InChI is InChI=1S/C43H50N3O2.C12H28N/c1-5-25-46(26-6-2,27-7-3)28-15-24-45-39-32-37(35-18-13-10-14-19-35)21-23-41(39)48-43(45)30-33(8-4)29-42-44-38-31-36(20-22-40(38)47-42)34-16-11-9-12-17-34;1-5-9-13(10-6-2,11-7-3)12-8-4/h9-14,16-23,29-32H,5-8,15,24-28H2,1-4H3;5-12H2,1-4H3/q2*+1/p+1. The normalized spacial score (nSPS) is 13.5. The number of anilines is 1. The molecule has 6 rings (SSSR count). The number of oxazole rings is 1. The molecule has 1 aliphatic rings. The summed E-state index contributed by atoms with van der Waals surface area (Å²) in [5, 5.41) is 3.51. The summed E-state index contributed by atoms with van der Waals surface area (Å²) in [4.78, 5) is 0. The smallest absolute Gasteiger partial charge is 0.374 e. The molecule has 0 amide bonds. The number of nitrogens with one attached hydrogen (secondary N) is 1. The highest BCUT2D eigenvalue weighted by Crippen LogP contribution is 2.37. The average molecular weight is 828 g/mol. The molecule has 1 aromatic heterocycles. The third kappa shape index (κ3) is 12.9. The van der Waals surface area contributed by atoms with Gasteiger partial charge in [-0.05, 0) is 97.4 Å². The zero-order valence-corrected chi connectivity index (χ0v) is 39.3. The lowest BCUT2D eigenvalue weighted by molar-refractivity contribution is -0.930. The minimum absolute atomic E-state index is 0.734. The molecule has 1 N–H and O–H groups in total. The van der Waals surface area contributed by atoms with E-state index in [0.29, 0.717) is 0 Å². The average Bonchev–Trinajstić information content (AvgIpc) is 3.84. The maximum absolute atomic E-state index is 6.63. The summed E-state index contributed by atoms with van der Waals surface area (Å²) in [6.45, 7) is 29.8. The number of aryl methyl sites for hydroxylation is 1. The third-order valence-corrected chi connectivity index (χ3v) is 12.3. The number of hydrogen-bond acceptors (Lipinski definition) is 3. The molecule has 61 heavy (non-hydrogen) atoms. The molecule has 5 aromatic rings. The van der Waals surface area contributed by atoms with Crippen LogP contribution in [0.5, 0.6) is 5.75 Å². The second-order valence-electron chi connectivity index (χ2n) is 17.4. The highest BCUT2D eigenvalue weighted by molar-refractivity contribution is 5.79. The second kappa shape index (κ2) is 24.1. The van der Waals surface area contributed by atoms with Crippen LogP contribution in [0.25, 0.3) is 39.4 Å². The van der Waals surface area contributed by atoms with Gasteiger partial charge < -0.3 is 23.4 Å². The largest absolute Gasteiger partial charge is 0.439 e. The predicted octanol–water partition coefficient (Wildman–Crippen LogP) is 14.1. The number of quaternary nitrogens is 2. The number of allylic oxidation sites excluding steroid dienone is 2. The topological polar surface area (TPSA) is 38.3 Å². The Morgan fingerprint density at radius 2 is 1.05 bits per heavy atom. The zero-order chi connectivity index (χ0) is 43.5. The van der Waals surface area contributed by atoms with Crippen molar-refractivity contribution in [2.75, 3.05) is 57.7 Å². The molecule has 2 heterocycles. The van der Waals surface area contributed by atoms with Crippen LogP contribution in [0.2, 0.25) is 0 Å². The van der Waals surface area contributed by atoms with Gasteiger partial charge in [0.1, 0.15) is 0 Å². The van der Waals surface area contributed by atoms with Gasteiger partial charge in [0.25, 0.3) is 5.52 Å². The molecule has 1 aliphatic heterocycles. The SMILES string of the molecule is CCC[N+](CCC)(CCC)CCC.CCC[N+](CCC)(CCC)CCC[n+]1c(/C=C(/C=C2/Nc3cc(-c4ccccc4)ccc3O2)CC)oc2ccc(-c3ccccc3)cc21. The fourth-order valence-corrected chi connectivity index (χ4v) is 9.92. The van der Waals surface area contributed by atoms with Crippen LogP contribution < -0.4 is 14.6 Å². The number of fused-ring (bicyclic) bond motifs is 2. The van der Waals surface area contributed by atoms with E-state index >= 15 is 0 Å². The maximum atomic E-state index is 6.63. The van der Waals surface area contributed by atoms with Crippen LogP contribution in [0.4, 0.5) is 5.69 Å². The maximum Gasteiger partial charge on any atom is 0.374 e. The first-order chi connectivity index (χ1) is 29.8. The fraction of sp³-hybridized carbons (Fsp3) is 0.473. The van der Waals surface area contributed by atoms with Crippen LogP contribution in [0.1, 0.15) is 119 Å². The summed E-state index contributed by atoms with van der Waals surface area (Å²) in [5.41, 5.74) is 8.94. The molecular formula is C55H79N4O2+3. The highest BCUT2D eigenvalue weighted by atomic mass is 16.5. The summed E-state index contributed by atoms with van der Waals surface area (Å²) in [7, 11) is 0. The Balaban J connectivity index is 0.000000469. The van der Waals surface area contributed by atoms with Crippen molar-refractivity contribution in [3.05, 3.63) is 120 Å². The van der Waals surface area contributed by atoms with Crippen LogP contribution in [-0.4, -0.2) is 61.3 Å². The molecule has 0 saturated carbocycles. The van der Waals surface area contributed by atoms with Crippen molar-refractivity contribution in [1.82, 2.24) is 0 Å². The minimum Gasteiger partial charge on any atom is -0.439 e. The van der Waals surface area contributed by atoms with E-state index in [2.05, 4.69) is 162 Å². The van der Waals surface area contributed by atoms with Crippen molar-refractivity contribution in [2.45, 2.75) is 120 Å². The predicted molar refractivity (Wildman–Crippen MR) is 260 cm³/mol. The van der Waals surface area contributed by atoms with Gasteiger partial charge in [0.05, 0.1) is 70.5 Å². The van der Waals surface area contributed by atoms with Gasteiger partial charge in [-0.3, -0.25) is 0 Å². The number of ether oxygens (including phenoxy) is 1. The van der Waals surface area contributed by atoms with Gasteiger partial charge in [-0.2, -0.15) is 4.57 Å². The number of nitrogens with zero attached hydrogens (tertiary/aromatic N) is 3. The zero-order valence-electron chi connectivity index (χ0n) is 39.3. The molecule has 6 nitrogen and oxygen atoms in total. The minimum atomic E-state index is 0.734. The van der Waals surface area contributed by atoms with E-state index in [1.165, 1.54) is 123 Å². The summed E-state index contributed by atoms with van der Waals surface area (Å²) < 4.78 is 17.9. The lowest BCUT2D eigenvalue weighted by Gasteiger charge is -2.38. The van der Waals surface area contributed by atoms with Crippen molar-refractivity contribution < 1.29 is 22.7 Å². The molecule has 0 atom stereocenters. The third-order valence-electron chi connectivity index (χ3n) is 12.3. The lowest BCUT2D eigenvalue weighted by Crippen LogP contribution is -2.51. The van der Waals surface area contributed by atoms with Crippen LogP contribution in [-0.2, 0) is 6.54 Å². The number of hydrogen-bond donors (Lipinski definition) is 1. The van der Waals surface area contributed by atoms with E-state index < -0.39 is 0 Å². The van der Waals surface area contributed by atoms with Crippen molar-refractivity contribution in [3.63, 3.8) is 0 Å². The van der Waals surface area contributed by atoms with E-state index in [1.54, 1.807) is 0 Å². The van der Waals surface area contributed by atoms with Gasteiger partial charge in [-0.25, -0.2) is 0 Å². The molecule has 0 radical (unpaired) electrons. The first kappa shape index (κ1) is 47.4. The molecule has 0 saturated heterocycles. The van der Waals surface area contributed by atoms with Crippen molar-refractivity contribution in [1.29, 1.82) is 0 Å². The molecule has 0 aliphatic carbocycles. The quantitative estimate of drug-likeness (QED) is 0.0527. The van der Waals surface area contributed by atoms with Crippen molar-refractivity contribution in [2.24, 2.45) is 0 Å². The van der Waals surface area contributed by atoms with Crippen molar-refractivity contribution >= 4 is 22.9 Å². The van der Waals surface area contributed by atoms with Crippen LogP contribution in [0.15, 0.2) is 119 Å². The fourth-order valence-electron chi connectivity index (χ4n) is 9.92. The number of benzene rings is 4. The van der Waals surface area contributed by atoms with E-state index in [4.69, 9.17) is 9.15 Å². The van der Waals surface area contributed by atoms with Crippen LogP contribution in [0, 0.1) is 0 Å². The molecule has 4 aromatic carbocycles. The van der Waals surface area contributed by atoms with E-state index in [9.17, 15) is 0 Å². The van der Waals surface area contributed by atoms with Gasteiger partial charge in [-0.1, -0.05) is 128 Å². The molecule has 0 spiro atoms. The highest BCUT2D eigenvalue weighted by Gasteiger charge is 2.28. The second-order valence-corrected chi connectivity index (χ2v) is 17.4. The van der Waals surface area contributed by atoms with Gasteiger partial charge in [0.2, 0.25) is 5.58 Å². The number of rotatable bonds is 23. The summed E-state index contributed by atoms with van der Waals surface area (Å²) in [6.07, 6.45) is 15.2. The summed E-state index contributed by atoms with van der Waals surface area (Å²) >= 11 is 0. The van der Waals surface area contributed by atoms with Gasteiger partial charge in [-0.15, -0.1) is 0 Å². The molecule has 0 bridgehead atoms. The molecular weight excluding hydrogens is 749 g/mol. The first-order valence-electron chi connectivity index (χ1n) is 24.1.